The van der Waals surface area contributed by atoms with Crippen molar-refractivity contribution in [2.75, 3.05) is 0 Å². The first-order chi connectivity index (χ1) is 8.81. The number of amides is 2. The molecular formula is C13H26N2O2S2Zn. The van der Waals surface area contributed by atoms with E-state index in [4.69, 9.17) is 4.79 Å². The summed E-state index contributed by atoms with van der Waals surface area (Å²) >= 11 is 8.30. The minimum atomic E-state index is -0.750. The average Bonchev–Trinajstić information content (AvgIpc) is 2.25. The van der Waals surface area contributed by atoms with E-state index in [1.54, 1.807) is 0 Å². The van der Waals surface area contributed by atoms with Crippen molar-refractivity contribution in [3.8, 4) is 0 Å². The van der Waals surface area contributed by atoms with Crippen LogP contribution in [-0.2, 0) is 44.7 Å². The topological polar surface area (TPSA) is 72.2 Å². The van der Waals surface area contributed by atoms with Gasteiger partial charge in [0.05, 0.1) is 10.5 Å². The van der Waals surface area contributed by atoms with Crippen molar-refractivity contribution in [2.24, 2.45) is 11.7 Å². The van der Waals surface area contributed by atoms with Gasteiger partial charge in [0.25, 0.3) is 0 Å². The van der Waals surface area contributed by atoms with E-state index >= 15 is 0 Å². The second-order valence-electron chi connectivity index (χ2n) is 4.80. The molecule has 0 aromatic rings. The first kappa shape index (κ1) is 25.0. The molecule has 114 valence electrons. The maximum absolute atomic E-state index is 10.8. The molecule has 1 atom stereocenters. The van der Waals surface area contributed by atoms with Crippen LogP contribution in [0.1, 0.15) is 59.3 Å². The summed E-state index contributed by atoms with van der Waals surface area (Å²) < 4.78 is 0. The molecule has 4 nitrogen and oxygen atoms in total. The third-order valence-electron chi connectivity index (χ3n) is 2.73. The van der Waals surface area contributed by atoms with E-state index in [9.17, 15) is 4.79 Å². The molecule has 0 fully saturated rings. The molecule has 0 bridgehead atoms. The predicted molar refractivity (Wildman–Crippen MR) is 84.8 cm³/mol. The standard InChI is InChI=1S/C12H25NOS.CH3NOS.Zn/c1-4-5-6-7-8-9-11(10(2)3)13-12(14)15;2-1(3)4;/h10-11H,4-9H2,1-3H3,(H2,13,14,15);(H3,2,3,4);/q;;+2/p-2. The molecule has 2 amide bonds. The van der Waals surface area contributed by atoms with E-state index in [0.29, 0.717) is 5.92 Å². The van der Waals surface area contributed by atoms with Gasteiger partial charge < -0.3 is 45.9 Å². The van der Waals surface area contributed by atoms with Crippen molar-refractivity contribution >= 4 is 35.7 Å². The summed E-state index contributed by atoms with van der Waals surface area (Å²) in [5.41, 5.74) is 4.29. The molecule has 7 heteroatoms. The Morgan fingerprint density at radius 1 is 1.10 bits per heavy atom. The number of nitrogens with one attached hydrogen (secondary N) is 1. The molecule has 0 radical (unpaired) electrons. The Morgan fingerprint density at radius 2 is 1.55 bits per heavy atom. The molecular weight excluding hydrogens is 346 g/mol. The molecule has 0 aliphatic rings. The maximum Gasteiger partial charge on any atom is 2.00 e. The Balaban J connectivity index is -0.000000508. The van der Waals surface area contributed by atoms with E-state index in [-0.39, 0.29) is 30.8 Å². The molecule has 0 saturated carbocycles. The summed E-state index contributed by atoms with van der Waals surface area (Å²) in [5, 5.41) is 1.78. The van der Waals surface area contributed by atoms with Gasteiger partial charge in [0.2, 0.25) is 0 Å². The van der Waals surface area contributed by atoms with Gasteiger partial charge in [0.1, 0.15) is 0 Å². The van der Waals surface area contributed by atoms with Crippen LogP contribution in [0, 0.1) is 5.92 Å². The van der Waals surface area contributed by atoms with Crippen molar-refractivity contribution in [2.45, 2.75) is 65.3 Å². The minimum Gasteiger partial charge on any atom is -0.719 e. The number of carbonyl (C=O) groups is 2. The molecule has 1 unspecified atom stereocenters. The smallest absolute Gasteiger partial charge is 0.719 e. The molecule has 0 spiro atoms. The van der Waals surface area contributed by atoms with Crippen molar-refractivity contribution < 1.29 is 29.1 Å². The number of primary amides is 1. The molecule has 0 aromatic carbocycles. The Hall–Kier alpha value is 0.00338. The quantitative estimate of drug-likeness (QED) is 0.390. The molecule has 20 heavy (non-hydrogen) atoms. The van der Waals surface area contributed by atoms with Crippen LogP contribution in [0.15, 0.2) is 0 Å². The van der Waals surface area contributed by atoms with Crippen LogP contribution in [0.5, 0.6) is 0 Å². The van der Waals surface area contributed by atoms with Crippen LogP contribution in [0.25, 0.3) is 0 Å². The average molecular weight is 372 g/mol. The van der Waals surface area contributed by atoms with Gasteiger partial charge in [-0.3, -0.25) is 0 Å². The molecule has 0 saturated heterocycles. The molecule has 0 aliphatic heterocycles. The Morgan fingerprint density at radius 3 is 1.90 bits per heavy atom. The third kappa shape index (κ3) is 23.1. The summed E-state index contributed by atoms with van der Waals surface area (Å²) in [5.74, 6) is 0.475. The normalized spacial score (nSPS) is 10.8. The molecule has 0 aliphatic carbocycles. The van der Waals surface area contributed by atoms with Crippen LogP contribution in [-0.4, -0.2) is 16.5 Å². The predicted octanol–water partition coefficient (Wildman–Crippen LogP) is 3.24. The van der Waals surface area contributed by atoms with Crippen molar-refractivity contribution in [3.63, 3.8) is 0 Å². The fourth-order valence-electron chi connectivity index (χ4n) is 1.69. The fourth-order valence-corrected chi connectivity index (χ4v) is 1.84. The summed E-state index contributed by atoms with van der Waals surface area (Å²) in [6, 6.07) is 0.261. The van der Waals surface area contributed by atoms with Gasteiger partial charge >= 0.3 is 19.5 Å². The van der Waals surface area contributed by atoms with E-state index in [1.807, 2.05) is 0 Å². The van der Waals surface area contributed by atoms with Gasteiger partial charge in [-0.15, -0.1) is 0 Å². The number of carbonyl (C=O) groups excluding carboxylic acids is 2. The number of rotatable bonds is 8. The first-order valence-corrected chi connectivity index (χ1v) is 7.56. The van der Waals surface area contributed by atoms with Gasteiger partial charge in [-0.25, -0.2) is 0 Å². The van der Waals surface area contributed by atoms with Gasteiger partial charge in [0.15, 0.2) is 0 Å². The number of unbranched alkanes of at least 4 members (excludes halogenated alkanes) is 4. The Kier molecular flexibility index (Phi) is 21.3. The van der Waals surface area contributed by atoms with Crippen LogP contribution in [0.4, 0.5) is 9.59 Å². The Bertz CT molecular complexity index is 251. The molecule has 0 heterocycles. The summed E-state index contributed by atoms with van der Waals surface area (Å²) in [4.78, 5) is 19.8. The zero-order chi connectivity index (χ0) is 15.3. The minimum absolute atomic E-state index is 0. The summed E-state index contributed by atoms with van der Waals surface area (Å²) in [6.07, 6.45) is 7.42. The van der Waals surface area contributed by atoms with E-state index in [2.05, 4.69) is 57.1 Å². The van der Waals surface area contributed by atoms with Crippen LogP contribution in [0.2, 0.25) is 0 Å². The van der Waals surface area contributed by atoms with Crippen molar-refractivity contribution in [1.29, 1.82) is 0 Å². The van der Waals surface area contributed by atoms with E-state index in [1.165, 1.54) is 32.1 Å². The van der Waals surface area contributed by atoms with E-state index in [0.717, 1.165) is 6.42 Å². The molecule has 3 N–H and O–H groups in total. The van der Waals surface area contributed by atoms with Gasteiger partial charge in [-0.05, 0) is 12.3 Å². The molecule has 0 rings (SSSR count). The number of hydrogen-bond acceptors (Lipinski definition) is 4. The van der Waals surface area contributed by atoms with E-state index < -0.39 is 5.24 Å². The summed E-state index contributed by atoms with van der Waals surface area (Å²) in [6.45, 7) is 6.47. The van der Waals surface area contributed by atoms with Crippen molar-refractivity contribution in [1.82, 2.24) is 5.32 Å². The first-order valence-electron chi connectivity index (χ1n) is 6.75. The van der Waals surface area contributed by atoms with Crippen LogP contribution >= 0.6 is 0 Å². The van der Waals surface area contributed by atoms with Crippen molar-refractivity contribution in [3.05, 3.63) is 0 Å². The monoisotopic (exact) mass is 370 g/mol. The van der Waals surface area contributed by atoms with Crippen LogP contribution < -0.4 is 11.1 Å². The number of hydrogen-bond donors (Lipinski definition) is 2. The summed E-state index contributed by atoms with van der Waals surface area (Å²) in [7, 11) is 0. The largest absolute Gasteiger partial charge is 2.00 e. The van der Waals surface area contributed by atoms with Gasteiger partial charge in [-0.2, -0.15) is 0 Å². The SMILES string of the molecule is CCCCCCCC(NC(=O)[S-])C(C)C.NC(=O)[S-].[Zn+2]. The second kappa shape index (κ2) is 17.1. The second-order valence-corrected chi connectivity index (χ2v) is 5.58. The molecule has 0 aromatic heterocycles. The maximum atomic E-state index is 10.8. The zero-order valence-corrected chi connectivity index (χ0v) is 17.4. The third-order valence-corrected chi connectivity index (χ3v) is 2.84. The van der Waals surface area contributed by atoms with Gasteiger partial charge in [-0.1, -0.05) is 52.9 Å². The van der Waals surface area contributed by atoms with Crippen LogP contribution in [0.3, 0.4) is 0 Å². The van der Waals surface area contributed by atoms with Gasteiger partial charge in [0, 0.05) is 6.04 Å². The number of nitrogens with two attached hydrogens (primary N) is 1. The Labute approximate surface area is 147 Å². The zero-order valence-electron chi connectivity index (χ0n) is 12.8. The fraction of sp³-hybridized carbons (Fsp3) is 0.846.